The zero-order valence-electron chi connectivity index (χ0n) is 14.6. The maximum atomic E-state index is 13.4. The molecular weight excluding hydrogens is 312 g/mol. The quantitative estimate of drug-likeness (QED) is 0.631. The summed E-state index contributed by atoms with van der Waals surface area (Å²) in [5, 5.41) is 10.1. The van der Waals surface area contributed by atoms with Gasteiger partial charge >= 0.3 is 5.97 Å². The van der Waals surface area contributed by atoms with Crippen molar-refractivity contribution in [3.63, 3.8) is 0 Å². The summed E-state index contributed by atoms with van der Waals surface area (Å²) in [6.45, 7) is 0. The van der Waals surface area contributed by atoms with Gasteiger partial charge in [-0.25, -0.2) is 0 Å². The number of allylic oxidation sites excluding steroid dienone is 2. The molecule has 4 atom stereocenters. The van der Waals surface area contributed by atoms with Crippen molar-refractivity contribution in [3.8, 4) is 0 Å². The van der Waals surface area contributed by atoms with Crippen molar-refractivity contribution in [2.75, 3.05) is 0 Å². The Morgan fingerprint density at radius 2 is 1.36 bits per heavy atom. The monoisotopic (exact) mass is 338 g/mol. The zero-order chi connectivity index (χ0) is 17.4. The Bertz CT molecular complexity index is 703. The smallest absolute Gasteiger partial charge is 0.307 e. The molecule has 0 unspecified atom stereocenters. The van der Waals surface area contributed by atoms with Crippen molar-refractivity contribution in [2.24, 2.45) is 23.7 Å². The Hall–Kier alpha value is -1.90. The van der Waals surface area contributed by atoms with Gasteiger partial charge in [0.15, 0.2) is 5.78 Å². The zero-order valence-corrected chi connectivity index (χ0v) is 14.6. The van der Waals surface area contributed by atoms with Crippen LogP contribution in [-0.4, -0.2) is 16.9 Å². The fourth-order valence-corrected chi connectivity index (χ4v) is 5.64. The minimum absolute atomic E-state index is 0.0435. The van der Waals surface area contributed by atoms with E-state index in [1.165, 1.54) is 24.0 Å². The van der Waals surface area contributed by atoms with Crippen LogP contribution in [0.5, 0.6) is 0 Å². The van der Waals surface area contributed by atoms with Gasteiger partial charge in [-0.05, 0) is 50.4 Å². The number of benzene rings is 1. The summed E-state index contributed by atoms with van der Waals surface area (Å²) in [6.07, 6.45) is 8.57. The third-order valence-electron chi connectivity index (χ3n) is 6.63. The molecule has 0 heterocycles. The summed E-state index contributed by atoms with van der Waals surface area (Å²) in [7, 11) is 0. The Morgan fingerprint density at radius 1 is 0.800 bits per heavy atom. The molecule has 0 aromatic heterocycles. The van der Waals surface area contributed by atoms with Crippen molar-refractivity contribution in [3.05, 3.63) is 47.0 Å². The fraction of sp³-hybridized carbons (Fsp3) is 0.545. The first-order valence-corrected chi connectivity index (χ1v) is 9.72. The van der Waals surface area contributed by atoms with E-state index < -0.39 is 11.9 Å². The number of rotatable bonds is 3. The maximum Gasteiger partial charge on any atom is 0.307 e. The number of hydrogen-bond acceptors (Lipinski definition) is 2. The van der Waals surface area contributed by atoms with Crippen LogP contribution in [0.4, 0.5) is 0 Å². The first-order chi connectivity index (χ1) is 12.2. The lowest BCUT2D eigenvalue weighted by atomic mass is 9.56. The molecule has 1 aromatic rings. The molecule has 0 radical (unpaired) electrons. The van der Waals surface area contributed by atoms with Gasteiger partial charge in [0, 0.05) is 11.5 Å². The van der Waals surface area contributed by atoms with Gasteiger partial charge in [-0.3, -0.25) is 9.59 Å². The summed E-state index contributed by atoms with van der Waals surface area (Å²) in [6, 6.07) is 9.32. The van der Waals surface area contributed by atoms with E-state index in [1.807, 2.05) is 30.3 Å². The third-order valence-corrected chi connectivity index (χ3v) is 6.63. The van der Waals surface area contributed by atoms with Crippen LogP contribution >= 0.6 is 0 Å². The number of fused-ring (bicyclic) bond motifs is 2. The number of ketones is 1. The number of hydrogen-bond donors (Lipinski definition) is 1. The van der Waals surface area contributed by atoms with Crippen LogP contribution in [0.25, 0.3) is 0 Å². The van der Waals surface area contributed by atoms with E-state index in [0.717, 1.165) is 38.5 Å². The molecule has 0 amide bonds. The minimum Gasteiger partial charge on any atom is -0.481 e. The van der Waals surface area contributed by atoms with E-state index in [-0.39, 0.29) is 23.5 Å². The number of carboxylic acid groups (broad SMARTS) is 1. The van der Waals surface area contributed by atoms with Gasteiger partial charge in [-0.15, -0.1) is 0 Å². The number of carboxylic acids is 1. The van der Waals surface area contributed by atoms with Crippen LogP contribution in [0.2, 0.25) is 0 Å². The molecule has 1 N–H and O–H groups in total. The normalized spacial score (nSPS) is 31.8. The number of aliphatic carboxylic acids is 1. The molecule has 0 aliphatic heterocycles. The van der Waals surface area contributed by atoms with Gasteiger partial charge in [0.1, 0.15) is 0 Å². The molecule has 3 aliphatic carbocycles. The van der Waals surface area contributed by atoms with Crippen molar-refractivity contribution in [1.29, 1.82) is 0 Å². The lowest BCUT2D eigenvalue weighted by molar-refractivity contribution is -0.146. The second kappa shape index (κ2) is 6.78. The second-order valence-electron chi connectivity index (χ2n) is 7.88. The van der Waals surface area contributed by atoms with E-state index in [4.69, 9.17) is 0 Å². The van der Waals surface area contributed by atoms with E-state index >= 15 is 0 Å². The summed E-state index contributed by atoms with van der Waals surface area (Å²) in [5.74, 6) is -1.44. The van der Waals surface area contributed by atoms with Crippen LogP contribution in [0.15, 0.2) is 41.5 Å². The summed E-state index contributed by atoms with van der Waals surface area (Å²) in [5.41, 5.74) is 3.55. The van der Waals surface area contributed by atoms with Gasteiger partial charge in [-0.2, -0.15) is 0 Å². The summed E-state index contributed by atoms with van der Waals surface area (Å²) < 4.78 is 0. The molecule has 0 spiro atoms. The maximum absolute atomic E-state index is 13.4. The molecular formula is C22H26O3. The molecule has 3 heteroatoms. The van der Waals surface area contributed by atoms with Crippen molar-refractivity contribution in [2.45, 2.75) is 51.4 Å². The molecule has 25 heavy (non-hydrogen) atoms. The summed E-state index contributed by atoms with van der Waals surface area (Å²) in [4.78, 5) is 25.6. The van der Waals surface area contributed by atoms with Crippen LogP contribution in [-0.2, 0) is 4.79 Å². The van der Waals surface area contributed by atoms with Gasteiger partial charge < -0.3 is 5.11 Å². The molecule has 4 rings (SSSR count). The number of carbonyl (C=O) groups is 2. The van der Waals surface area contributed by atoms with E-state index in [2.05, 4.69) is 0 Å². The lowest BCUT2D eigenvalue weighted by Crippen LogP contribution is -2.46. The first-order valence-electron chi connectivity index (χ1n) is 9.72. The highest BCUT2D eigenvalue weighted by molar-refractivity contribution is 6.00. The fourth-order valence-electron chi connectivity index (χ4n) is 5.64. The molecule has 1 aromatic carbocycles. The highest BCUT2D eigenvalue weighted by Crippen LogP contribution is 2.53. The molecule has 0 bridgehead atoms. The minimum atomic E-state index is -0.775. The largest absolute Gasteiger partial charge is 0.481 e. The van der Waals surface area contributed by atoms with Crippen LogP contribution in [0.1, 0.15) is 61.7 Å². The highest BCUT2D eigenvalue weighted by atomic mass is 16.4. The van der Waals surface area contributed by atoms with Gasteiger partial charge in [0.05, 0.1) is 5.92 Å². The summed E-state index contributed by atoms with van der Waals surface area (Å²) >= 11 is 0. The average molecular weight is 338 g/mol. The first kappa shape index (κ1) is 16.6. The van der Waals surface area contributed by atoms with Gasteiger partial charge in [0.2, 0.25) is 0 Å². The van der Waals surface area contributed by atoms with Crippen molar-refractivity contribution < 1.29 is 14.7 Å². The van der Waals surface area contributed by atoms with Crippen LogP contribution in [0.3, 0.4) is 0 Å². The Kier molecular flexibility index (Phi) is 4.49. The number of Topliss-reactive ketones (excluding diaryl/α,β-unsaturated/α-hetero) is 1. The third kappa shape index (κ3) is 2.84. The Labute approximate surface area is 149 Å². The van der Waals surface area contributed by atoms with E-state index in [1.54, 1.807) is 0 Å². The van der Waals surface area contributed by atoms with Gasteiger partial charge in [-0.1, -0.05) is 54.3 Å². The van der Waals surface area contributed by atoms with Crippen LogP contribution in [0, 0.1) is 23.7 Å². The highest BCUT2D eigenvalue weighted by Gasteiger charge is 2.51. The number of carbonyl (C=O) groups excluding carboxylic acids is 1. The average Bonchev–Trinajstić information content (AvgIpc) is 2.67. The predicted octanol–water partition coefficient (Wildman–Crippen LogP) is 4.88. The van der Waals surface area contributed by atoms with E-state index in [0.29, 0.717) is 5.56 Å². The second-order valence-corrected chi connectivity index (χ2v) is 7.88. The standard InChI is InChI=1S/C22H26O3/c23-21(14-8-2-1-3-9-14)19-17-12-6-4-10-15(17)16-11-5-7-13-18(16)20(19)22(24)25/h1-3,8-9,17-20H,4-7,10-13H2,(H,24,25)/t17-,18-,19-,20-/m0/s1. The van der Waals surface area contributed by atoms with Gasteiger partial charge in [0.25, 0.3) is 0 Å². The van der Waals surface area contributed by atoms with E-state index in [9.17, 15) is 14.7 Å². The molecule has 132 valence electrons. The molecule has 2 saturated carbocycles. The van der Waals surface area contributed by atoms with Crippen LogP contribution < -0.4 is 0 Å². The van der Waals surface area contributed by atoms with Crippen molar-refractivity contribution >= 4 is 11.8 Å². The SMILES string of the molecule is O=C(O)[C@@H]1[C@@H](C(=O)c2ccccc2)[C@H]2CCCCC2=C2CCCC[C@@H]21. The molecule has 3 nitrogen and oxygen atoms in total. The predicted molar refractivity (Wildman–Crippen MR) is 96.3 cm³/mol. The Balaban J connectivity index is 1.81. The molecule has 2 fully saturated rings. The van der Waals surface area contributed by atoms with Crippen molar-refractivity contribution in [1.82, 2.24) is 0 Å². The Morgan fingerprint density at radius 3 is 1.92 bits per heavy atom. The molecule has 0 saturated heterocycles. The molecule has 3 aliphatic rings. The topological polar surface area (TPSA) is 54.4 Å². The lowest BCUT2D eigenvalue weighted by Gasteiger charge is -2.47.